The number of carbonyl (C=O) groups is 1. The van der Waals surface area contributed by atoms with E-state index < -0.39 is 44.1 Å². The Kier molecular flexibility index (Phi) is 5.13. The van der Waals surface area contributed by atoms with Gasteiger partial charge in [0.05, 0.1) is 18.6 Å². The Morgan fingerprint density at radius 2 is 2.10 bits per heavy atom. The highest BCUT2D eigenvalue weighted by Crippen LogP contribution is 2.22. The number of sulfonamides is 1. The number of ether oxygens (including phenoxy) is 1. The van der Waals surface area contributed by atoms with Crippen LogP contribution in [0.4, 0.5) is 5.69 Å². The van der Waals surface area contributed by atoms with Crippen molar-refractivity contribution in [2.24, 2.45) is 0 Å². The Balaban J connectivity index is 3.18. The third-order valence-corrected chi connectivity index (χ3v) is 3.84. The zero-order valence-corrected chi connectivity index (χ0v) is 11.2. The number of aliphatic hydroxyl groups excluding tert-OH is 1. The lowest BCUT2D eigenvalue weighted by Gasteiger charge is -2.14. The lowest BCUT2D eigenvalue weighted by atomic mass is 10.3. The van der Waals surface area contributed by atoms with E-state index in [0.29, 0.717) is 0 Å². The number of benzene rings is 1. The maximum absolute atomic E-state index is 12.0. The van der Waals surface area contributed by atoms with E-state index in [1.54, 1.807) is 0 Å². The third-order valence-electron chi connectivity index (χ3n) is 2.32. The number of para-hydroxylation sites is 1. The second-order valence-corrected chi connectivity index (χ2v) is 5.29. The highest BCUT2D eigenvalue weighted by atomic mass is 32.2. The average Bonchev–Trinajstić information content (AvgIpc) is 2.43. The van der Waals surface area contributed by atoms with E-state index in [4.69, 9.17) is 5.11 Å². The number of nitro groups is 1. The minimum atomic E-state index is -4.35. The highest BCUT2D eigenvalue weighted by Gasteiger charge is 2.30. The van der Waals surface area contributed by atoms with E-state index in [2.05, 4.69) is 4.74 Å². The molecule has 1 atom stereocenters. The molecule has 1 aromatic carbocycles. The van der Waals surface area contributed by atoms with Crippen molar-refractivity contribution in [2.75, 3.05) is 13.7 Å². The first-order valence-corrected chi connectivity index (χ1v) is 6.76. The molecular formula is C10H12N2O7S. The first-order chi connectivity index (χ1) is 9.33. The van der Waals surface area contributed by atoms with Crippen LogP contribution in [0, 0.1) is 10.1 Å². The van der Waals surface area contributed by atoms with Crippen LogP contribution in [-0.4, -0.2) is 44.2 Å². The van der Waals surface area contributed by atoms with Crippen LogP contribution < -0.4 is 4.72 Å². The molecule has 0 amide bonds. The molecule has 10 heteroatoms. The van der Waals surface area contributed by atoms with E-state index in [1.807, 2.05) is 4.72 Å². The number of aliphatic hydroxyl groups is 1. The zero-order valence-electron chi connectivity index (χ0n) is 10.3. The molecule has 0 aliphatic rings. The van der Waals surface area contributed by atoms with E-state index in [-0.39, 0.29) is 0 Å². The van der Waals surface area contributed by atoms with E-state index in [0.717, 1.165) is 19.2 Å². The topological polar surface area (TPSA) is 136 Å². The monoisotopic (exact) mass is 304 g/mol. The van der Waals surface area contributed by atoms with Gasteiger partial charge in [-0.05, 0) is 6.07 Å². The van der Waals surface area contributed by atoms with Crippen molar-refractivity contribution in [3.05, 3.63) is 34.4 Å². The largest absolute Gasteiger partial charge is 0.468 e. The number of nitro benzene ring substituents is 1. The number of nitrogens with zero attached hydrogens (tertiary/aromatic N) is 1. The molecule has 0 bridgehead atoms. The summed E-state index contributed by atoms with van der Waals surface area (Å²) in [5.74, 6) is -1.00. The molecule has 0 fully saturated rings. The van der Waals surface area contributed by atoms with E-state index in [9.17, 15) is 23.3 Å². The number of carbonyl (C=O) groups excluding carboxylic acids is 1. The molecule has 2 N–H and O–H groups in total. The summed E-state index contributed by atoms with van der Waals surface area (Å²) in [5, 5.41) is 19.7. The Hall–Kier alpha value is -2.04. The summed E-state index contributed by atoms with van der Waals surface area (Å²) in [4.78, 5) is 20.5. The average molecular weight is 304 g/mol. The van der Waals surface area contributed by atoms with Gasteiger partial charge >= 0.3 is 5.97 Å². The molecule has 0 aromatic heterocycles. The third kappa shape index (κ3) is 3.50. The molecule has 9 nitrogen and oxygen atoms in total. The van der Waals surface area contributed by atoms with Gasteiger partial charge in [0.1, 0.15) is 6.04 Å². The zero-order chi connectivity index (χ0) is 15.3. The molecule has 0 saturated heterocycles. The summed E-state index contributed by atoms with van der Waals surface area (Å²) >= 11 is 0. The summed E-state index contributed by atoms with van der Waals surface area (Å²) in [6, 6.07) is 3.10. The van der Waals surface area contributed by atoms with Crippen molar-refractivity contribution in [3.63, 3.8) is 0 Å². The number of hydrogen-bond donors (Lipinski definition) is 2. The maximum Gasteiger partial charge on any atom is 0.326 e. The van der Waals surface area contributed by atoms with Gasteiger partial charge in [-0.25, -0.2) is 8.42 Å². The van der Waals surface area contributed by atoms with Crippen molar-refractivity contribution in [1.82, 2.24) is 4.72 Å². The summed E-state index contributed by atoms with van der Waals surface area (Å²) in [6.07, 6.45) is 0. The van der Waals surface area contributed by atoms with Gasteiger partial charge in [0.15, 0.2) is 4.90 Å². The number of methoxy groups -OCH3 is 1. The molecule has 0 heterocycles. The minimum Gasteiger partial charge on any atom is -0.468 e. The number of esters is 1. The van der Waals surface area contributed by atoms with Gasteiger partial charge in [-0.3, -0.25) is 14.9 Å². The molecule has 0 spiro atoms. The van der Waals surface area contributed by atoms with Gasteiger partial charge < -0.3 is 9.84 Å². The van der Waals surface area contributed by atoms with Crippen LogP contribution in [0.2, 0.25) is 0 Å². The van der Waals surface area contributed by atoms with Gasteiger partial charge in [0.2, 0.25) is 10.0 Å². The fraction of sp³-hybridized carbons (Fsp3) is 0.300. The first-order valence-electron chi connectivity index (χ1n) is 5.28. The molecule has 1 aromatic rings. The molecule has 0 radical (unpaired) electrons. The molecule has 110 valence electrons. The standard InChI is InChI=1S/C10H12N2O7S/c1-19-10(14)7(6-13)11-20(17,18)9-5-3-2-4-8(9)12(15)16/h2-5,7,11,13H,6H2,1H3/t7-/m0/s1. The summed E-state index contributed by atoms with van der Waals surface area (Å²) in [6.45, 7) is -0.841. The molecule has 0 aliphatic heterocycles. The molecule has 1 rings (SSSR count). The van der Waals surface area contributed by atoms with Gasteiger partial charge in [-0.1, -0.05) is 12.1 Å². The predicted molar refractivity (Wildman–Crippen MR) is 66.3 cm³/mol. The van der Waals surface area contributed by atoms with Crippen molar-refractivity contribution >= 4 is 21.7 Å². The second kappa shape index (κ2) is 6.41. The normalized spacial score (nSPS) is 12.7. The lowest BCUT2D eigenvalue weighted by Crippen LogP contribution is -2.44. The fourth-order valence-corrected chi connectivity index (χ4v) is 2.74. The maximum atomic E-state index is 12.0. The fourth-order valence-electron chi connectivity index (χ4n) is 1.39. The van der Waals surface area contributed by atoms with Crippen molar-refractivity contribution in [1.29, 1.82) is 0 Å². The SMILES string of the molecule is COC(=O)[C@H](CO)NS(=O)(=O)c1ccccc1[N+](=O)[O-]. The predicted octanol–water partition coefficient (Wildman–Crippen LogP) is -0.593. The Labute approximate surface area is 114 Å². The quantitative estimate of drug-likeness (QED) is 0.407. The number of rotatable bonds is 6. The van der Waals surface area contributed by atoms with Crippen LogP contribution in [-0.2, 0) is 19.6 Å². The lowest BCUT2D eigenvalue weighted by molar-refractivity contribution is -0.387. The molecule has 0 unspecified atom stereocenters. The first kappa shape index (κ1) is 16.0. The number of nitrogens with one attached hydrogen (secondary N) is 1. The van der Waals surface area contributed by atoms with Crippen LogP contribution in [0.1, 0.15) is 0 Å². The molecule has 0 aliphatic carbocycles. The van der Waals surface area contributed by atoms with Crippen LogP contribution in [0.15, 0.2) is 29.2 Å². The smallest absolute Gasteiger partial charge is 0.326 e. The highest BCUT2D eigenvalue weighted by molar-refractivity contribution is 7.89. The second-order valence-electron chi connectivity index (χ2n) is 3.60. The number of hydrogen-bond acceptors (Lipinski definition) is 7. The van der Waals surface area contributed by atoms with Gasteiger partial charge in [-0.2, -0.15) is 4.72 Å². The van der Waals surface area contributed by atoms with Crippen molar-refractivity contribution in [3.8, 4) is 0 Å². The minimum absolute atomic E-state index is 0.604. The molecular weight excluding hydrogens is 292 g/mol. The summed E-state index contributed by atoms with van der Waals surface area (Å²) in [5.41, 5.74) is -0.637. The Morgan fingerprint density at radius 1 is 1.50 bits per heavy atom. The van der Waals surface area contributed by atoms with Crippen LogP contribution in [0.3, 0.4) is 0 Å². The van der Waals surface area contributed by atoms with Gasteiger partial charge in [0, 0.05) is 6.07 Å². The Bertz CT molecular complexity index is 614. The summed E-state index contributed by atoms with van der Waals surface area (Å²) in [7, 11) is -3.34. The summed E-state index contributed by atoms with van der Waals surface area (Å²) < 4.78 is 30.2. The van der Waals surface area contributed by atoms with Gasteiger partial charge in [0.25, 0.3) is 5.69 Å². The van der Waals surface area contributed by atoms with E-state index in [1.165, 1.54) is 12.1 Å². The molecule has 0 saturated carbocycles. The van der Waals surface area contributed by atoms with Crippen molar-refractivity contribution in [2.45, 2.75) is 10.9 Å². The molecule has 20 heavy (non-hydrogen) atoms. The van der Waals surface area contributed by atoms with Crippen LogP contribution in [0.5, 0.6) is 0 Å². The van der Waals surface area contributed by atoms with Crippen LogP contribution >= 0.6 is 0 Å². The van der Waals surface area contributed by atoms with Gasteiger partial charge in [-0.15, -0.1) is 0 Å². The van der Waals surface area contributed by atoms with Crippen LogP contribution in [0.25, 0.3) is 0 Å². The Morgan fingerprint density at radius 3 is 2.60 bits per heavy atom. The van der Waals surface area contributed by atoms with E-state index >= 15 is 0 Å². The van der Waals surface area contributed by atoms with Crippen molar-refractivity contribution < 1.29 is 28.0 Å².